The second-order valence-electron chi connectivity index (χ2n) is 6.68. The zero-order valence-electron chi connectivity index (χ0n) is 16.2. The monoisotopic (exact) mass is 376 g/mol. The van der Waals surface area contributed by atoms with E-state index in [2.05, 4.69) is 12.1 Å². The van der Waals surface area contributed by atoms with Crippen LogP contribution in [0.4, 0.5) is 0 Å². The van der Waals surface area contributed by atoms with Crippen LogP contribution in [-0.4, -0.2) is 25.0 Å². The minimum Gasteiger partial charge on any atom is -0.496 e. The number of halogens is 1. The zero-order chi connectivity index (χ0) is 18.6. The van der Waals surface area contributed by atoms with Crippen LogP contribution in [0.1, 0.15) is 35.2 Å². The van der Waals surface area contributed by atoms with Crippen molar-refractivity contribution in [3.63, 3.8) is 0 Å². The van der Waals surface area contributed by atoms with E-state index < -0.39 is 0 Å². The minimum atomic E-state index is -0.310. The molecule has 2 rings (SSSR count). The Morgan fingerprint density at radius 2 is 1.69 bits per heavy atom. The molecule has 2 unspecified atom stereocenters. The molecule has 142 valence electrons. The number of hydrogen-bond acceptors (Lipinski definition) is 3. The molecule has 0 spiro atoms. The third-order valence-corrected chi connectivity index (χ3v) is 4.63. The molecule has 2 aromatic rings. The highest BCUT2D eigenvalue weighted by atomic mass is 35.5. The summed E-state index contributed by atoms with van der Waals surface area (Å²) in [7, 11) is 3.50. The Balaban J connectivity index is 0.00000338. The van der Waals surface area contributed by atoms with Gasteiger partial charge in [0.15, 0.2) is 0 Å². The number of nitrogens with two attached hydrogens (primary N) is 1. The van der Waals surface area contributed by atoms with Crippen LogP contribution in [0.3, 0.4) is 0 Å². The van der Waals surface area contributed by atoms with E-state index in [4.69, 9.17) is 10.5 Å². The molecule has 0 radical (unpaired) electrons. The lowest BCUT2D eigenvalue weighted by Crippen LogP contribution is -2.36. The average molecular weight is 377 g/mol. The van der Waals surface area contributed by atoms with Crippen molar-refractivity contribution in [2.24, 2.45) is 11.7 Å². The number of benzene rings is 2. The Morgan fingerprint density at radius 3 is 2.19 bits per heavy atom. The molecule has 0 aliphatic heterocycles. The predicted octanol–water partition coefficient (Wildman–Crippen LogP) is 4.03. The molecule has 0 bridgehead atoms. The van der Waals surface area contributed by atoms with E-state index in [1.807, 2.05) is 58.2 Å². The van der Waals surface area contributed by atoms with Crippen LogP contribution in [0.15, 0.2) is 42.5 Å². The molecule has 2 N–H and O–H groups in total. The Morgan fingerprint density at radius 1 is 1.15 bits per heavy atom. The highest BCUT2D eigenvalue weighted by Gasteiger charge is 2.25. The molecule has 0 saturated heterocycles. The molecule has 0 aromatic heterocycles. The Bertz CT molecular complexity index is 711. The molecule has 0 saturated carbocycles. The molecule has 0 aliphatic rings. The molecule has 0 fully saturated rings. The Labute approximate surface area is 162 Å². The largest absolute Gasteiger partial charge is 0.496 e. The van der Waals surface area contributed by atoms with Crippen molar-refractivity contribution in [1.29, 1.82) is 0 Å². The van der Waals surface area contributed by atoms with E-state index in [0.29, 0.717) is 6.54 Å². The number of methoxy groups -OCH3 is 1. The van der Waals surface area contributed by atoms with E-state index in [1.54, 1.807) is 12.0 Å². The number of ether oxygens (including phenoxy) is 1. The van der Waals surface area contributed by atoms with Gasteiger partial charge in [-0.3, -0.25) is 4.79 Å². The SMILES string of the molecule is COc1c(C)cc(CN(C)C(=O)C(C)C(N)c2ccccc2)cc1C.Cl. The quantitative estimate of drug-likeness (QED) is 0.828. The van der Waals surface area contributed by atoms with Crippen LogP contribution in [0.25, 0.3) is 0 Å². The summed E-state index contributed by atoms with van der Waals surface area (Å²) in [6.07, 6.45) is 0. The first-order valence-electron chi connectivity index (χ1n) is 8.54. The highest BCUT2D eigenvalue weighted by Crippen LogP contribution is 2.26. The molecule has 5 heteroatoms. The number of nitrogens with zero attached hydrogens (tertiary/aromatic N) is 1. The van der Waals surface area contributed by atoms with Gasteiger partial charge in [-0.15, -0.1) is 12.4 Å². The first-order chi connectivity index (χ1) is 11.8. The molecule has 2 aromatic carbocycles. The van der Waals surface area contributed by atoms with Gasteiger partial charge < -0.3 is 15.4 Å². The van der Waals surface area contributed by atoms with Gasteiger partial charge >= 0.3 is 0 Å². The zero-order valence-corrected chi connectivity index (χ0v) is 17.0. The molecular weight excluding hydrogens is 348 g/mol. The van der Waals surface area contributed by atoms with Crippen molar-refractivity contribution in [3.05, 3.63) is 64.7 Å². The van der Waals surface area contributed by atoms with Gasteiger partial charge in [0.05, 0.1) is 13.0 Å². The minimum absolute atomic E-state index is 0. The summed E-state index contributed by atoms with van der Waals surface area (Å²) < 4.78 is 5.40. The van der Waals surface area contributed by atoms with Crippen molar-refractivity contribution in [1.82, 2.24) is 4.90 Å². The third-order valence-electron chi connectivity index (χ3n) is 4.63. The van der Waals surface area contributed by atoms with E-state index in [1.165, 1.54) is 0 Å². The lowest BCUT2D eigenvalue weighted by Gasteiger charge is -2.26. The number of carbonyl (C=O) groups is 1. The van der Waals surface area contributed by atoms with Gasteiger partial charge in [-0.25, -0.2) is 0 Å². The lowest BCUT2D eigenvalue weighted by molar-refractivity contribution is -0.134. The summed E-state index contributed by atoms with van der Waals surface area (Å²) in [5, 5.41) is 0. The van der Waals surface area contributed by atoms with Crippen LogP contribution >= 0.6 is 12.4 Å². The second kappa shape index (κ2) is 9.60. The van der Waals surface area contributed by atoms with E-state index in [-0.39, 0.29) is 30.3 Å². The fraction of sp³-hybridized carbons (Fsp3) is 0.381. The van der Waals surface area contributed by atoms with Gasteiger partial charge in [-0.2, -0.15) is 0 Å². The number of aryl methyl sites for hydroxylation is 2. The van der Waals surface area contributed by atoms with Crippen molar-refractivity contribution >= 4 is 18.3 Å². The molecule has 2 atom stereocenters. The third kappa shape index (κ3) is 4.99. The lowest BCUT2D eigenvalue weighted by atomic mass is 9.94. The summed E-state index contributed by atoms with van der Waals surface area (Å²) in [6.45, 7) is 6.48. The standard InChI is InChI=1S/C21H28N2O2.ClH/c1-14-11-17(12-15(2)20(14)25-5)13-23(4)21(24)16(3)19(22)18-9-7-6-8-10-18;/h6-12,16,19H,13,22H2,1-5H3;1H. The van der Waals surface area contributed by atoms with Gasteiger partial charge in [0, 0.05) is 19.6 Å². The molecule has 0 aliphatic carbocycles. The smallest absolute Gasteiger partial charge is 0.227 e. The van der Waals surface area contributed by atoms with Crippen molar-refractivity contribution in [2.75, 3.05) is 14.2 Å². The van der Waals surface area contributed by atoms with E-state index in [9.17, 15) is 4.79 Å². The first-order valence-corrected chi connectivity index (χ1v) is 8.54. The van der Waals surface area contributed by atoms with Gasteiger partial charge in [0.2, 0.25) is 5.91 Å². The summed E-state index contributed by atoms with van der Waals surface area (Å²) in [6, 6.07) is 13.6. The Kier molecular flexibility index (Phi) is 8.12. The van der Waals surface area contributed by atoms with Crippen LogP contribution in [-0.2, 0) is 11.3 Å². The van der Waals surface area contributed by atoms with Crippen LogP contribution in [0.5, 0.6) is 5.75 Å². The number of amides is 1. The fourth-order valence-corrected chi connectivity index (χ4v) is 3.27. The topological polar surface area (TPSA) is 55.6 Å². The van der Waals surface area contributed by atoms with E-state index in [0.717, 1.165) is 28.0 Å². The highest BCUT2D eigenvalue weighted by molar-refractivity contribution is 5.85. The summed E-state index contributed by atoms with van der Waals surface area (Å²) in [5.41, 5.74) is 10.5. The maximum atomic E-state index is 12.8. The van der Waals surface area contributed by atoms with Gasteiger partial charge in [-0.1, -0.05) is 49.4 Å². The van der Waals surface area contributed by atoms with Crippen LogP contribution in [0.2, 0.25) is 0 Å². The number of hydrogen-bond donors (Lipinski definition) is 1. The molecule has 1 amide bonds. The maximum Gasteiger partial charge on any atom is 0.227 e. The van der Waals surface area contributed by atoms with E-state index >= 15 is 0 Å². The fourth-order valence-electron chi connectivity index (χ4n) is 3.27. The summed E-state index contributed by atoms with van der Waals surface area (Å²) in [5.74, 6) is 0.660. The first kappa shape index (κ1) is 22.0. The van der Waals surface area contributed by atoms with Crippen LogP contribution in [0, 0.1) is 19.8 Å². The van der Waals surface area contributed by atoms with Crippen molar-refractivity contribution in [3.8, 4) is 5.75 Å². The molecular formula is C21H29ClN2O2. The second-order valence-corrected chi connectivity index (χ2v) is 6.68. The molecule has 0 heterocycles. The Hall–Kier alpha value is -2.04. The van der Waals surface area contributed by atoms with Gasteiger partial charge in [0.1, 0.15) is 5.75 Å². The van der Waals surface area contributed by atoms with Gasteiger partial charge in [-0.05, 0) is 36.1 Å². The normalized spacial score (nSPS) is 12.7. The van der Waals surface area contributed by atoms with Crippen molar-refractivity contribution < 1.29 is 9.53 Å². The number of carbonyl (C=O) groups excluding carboxylic acids is 1. The average Bonchev–Trinajstić information content (AvgIpc) is 2.60. The summed E-state index contributed by atoms with van der Waals surface area (Å²) in [4.78, 5) is 14.5. The molecule has 4 nitrogen and oxygen atoms in total. The maximum absolute atomic E-state index is 12.8. The number of rotatable bonds is 6. The molecule has 26 heavy (non-hydrogen) atoms. The predicted molar refractivity (Wildman–Crippen MR) is 109 cm³/mol. The summed E-state index contributed by atoms with van der Waals surface area (Å²) >= 11 is 0. The van der Waals surface area contributed by atoms with Crippen molar-refractivity contribution in [2.45, 2.75) is 33.4 Å². The van der Waals surface area contributed by atoms with Crippen LogP contribution < -0.4 is 10.5 Å². The van der Waals surface area contributed by atoms with Gasteiger partial charge in [0.25, 0.3) is 0 Å².